The van der Waals surface area contributed by atoms with Crippen molar-refractivity contribution < 1.29 is 9.90 Å². The summed E-state index contributed by atoms with van der Waals surface area (Å²) in [6.45, 7) is 0.586. The van der Waals surface area contributed by atoms with E-state index in [4.69, 9.17) is 5.11 Å². The molecule has 1 amide bonds. The minimum Gasteiger partial charge on any atom is -0.465 e. The molecular formula is C6H10N2O2S. The van der Waals surface area contributed by atoms with Gasteiger partial charge in [-0.15, -0.1) is 11.8 Å². The van der Waals surface area contributed by atoms with Crippen LogP contribution in [0.25, 0.3) is 0 Å². The first-order valence-electron chi connectivity index (χ1n) is 3.29. The normalized spacial score (nSPS) is 23.0. The second-order valence-corrected chi connectivity index (χ2v) is 3.17. The Kier molecular flexibility index (Phi) is 2.76. The van der Waals surface area contributed by atoms with Crippen LogP contribution < -0.4 is 5.32 Å². The van der Waals surface area contributed by atoms with Gasteiger partial charge < -0.3 is 10.4 Å². The fourth-order valence-corrected chi connectivity index (χ4v) is 1.54. The number of rotatable bonds is 1. The number of nitrogens with zero attached hydrogens (tertiary/aromatic N) is 1. The van der Waals surface area contributed by atoms with E-state index < -0.39 is 6.09 Å². The lowest BCUT2D eigenvalue weighted by molar-refractivity contribution is 0.191. The molecular weight excluding hydrogens is 164 g/mol. The lowest BCUT2D eigenvalue weighted by Crippen LogP contribution is -2.34. The Morgan fingerprint density at radius 3 is 3.09 bits per heavy atom. The Morgan fingerprint density at radius 1 is 1.91 bits per heavy atom. The topological polar surface area (TPSA) is 61.7 Å². The van der Waals surface area contributed by atoms with Crippen molar-refractivity contribution in [1.82, 2.24) is 5.32 Å². The molecule has 0 fully saturated rings. The van der Waals surface area contributed by atoms with Gasteiger partial charge in [-0.05, 0) is 6.26 Å². The molecule has 1 heterocycles. The van der Waals surface area contributed by atoms with Gasteiger partial charge in [0.2, 0.25) is 0 Å². The van der Waals surface area contributed by atoms with Crippen molar-refractivity contribution >= 4 is 22.9 Å². The van der Waals surface area contributed by atoms with Crippen LogP contribution in [-0.2, 0) is 0 Å². The van der Waals surface area contributed by atoms with Gasteiger partial charge in [-0.1, -0.05) is 0 Å². The minimum atomic E-state index is -0.965. The number of hydrogen-bond acceptors (Lipinski definition) is 3. The average molecular weight is 174 g/mol. The van der Waals surface area contributed by atoms with Crippen molar-refractivity contribution in [1.29, 1.82) is 0 Å². The van der Waals surface area contributed by atoms with Crippen LogP contribution in [0, 0.1) is 0 Å². The van der Waals surface area contributed by atoms with E-state index in [0.29, 0.717) is 6.54 Å². The molecule has 0 aromatic carbocycles. The van der Waals surface area contributed by atoms with E-state index in [1.807, 2.05) is 6.26 Å². The van der Waals surface area contributed by atoms with Gasteiger partial charge in [-0.3, -0.25) is 4.99 Å². The first kappa shape index (κ1) is 8.39. The van der Waals surface area contributed by atoms with Crippen LogP contribution in [0.3, 0.4) is 0 Å². The summed E-state index contributed by atoms with van der Waals surface area (Å²) in [5.74, 6) is 0. The Balaban J connectivity index is 2.30. The van der Waals surface area contributed by atoms with Gasteiger partial charge in [0, 0.05) is 6.42 Å². The van der Waals surface area contributed by atoms with Crippen LogP contribution in [-0.4, -0.2) is 35.1 Å². The number of carboxylic acid groups (broad SMARTS) is 1. The Labute approximate surface area is 69.1 Å². The second kappa shape index (κ2) is 3.61. The predicted octanol–water partition coefficient (Wildman–Crippen LogP) is 0.788. The molecule has 0 radical (unpaired) electrons. The van der Waals surface area contributed by atoms with Crippen LogP contribution >= 0.6 is 11.8 Å². The molecule has 2 N–H and O–H groups in total. The maximum absolute atomic E-state index is 10.2. The molecule has 1 rings (SSSR count). The molecule has 1 unspecified atom stereocenters. The maximum Gasteiger partial charge on any atom is 0.404 e. The fraction of sp³-hybridized carbons (Fsp3) is 0.667. The lowest BCUT2D eigenvalue weighted by atomic mass is 10.3. The molecule has 4 nitrogen and oxygen atoms in total. The van der Waals surface area contributed by atoms with E-state index in [0.717, 1.165) is 11.5 Å². The first-order chi connectivity index (χ1) is 5.22. The summed E-state index contributed by atoms with van der Waals surface area (Å²) >= 11 is 1.58. The van der Waals surface area contributed by atoms with Crippen LogP contribution in [0.1, 0.15) is 6.42 Å². The lowest BCUT2D eigenvalue weighted by Gasteiger charge is -2.06. The summed E-state index contributed by atoms with van der Waals surface area (Å²) in [6.07, 6.45) is 1.72. The maximum atomic E-state index is 10.2. The van der Waals surface area contributed by atoms with Gasteiger partial charge in [0.1, 0.15) is 0 Å². The molecule has 0 spiro atoms. The van der Waals surface area contributed by atoms with E-state index in [2.05, 4.69) is 10.3 Å². The molecule has 0 aliphatic carbocycles. The van der Waals surface area contributed by atoms with Gasteiger partial charge in [0.05, 0.1) is 17.6 Å². The van der Waals surface area contributed by atoms with E-state index in [1.165, 1.54) is 0 Å². The quantitative estimate of drug-likeness (QED) is 0.617. The second-order valence-electron chi connectivity index (χ2n) is 2.29. The van der Waals surface area contributed by atoms with Gasteiger partial charge in [-0.2, -0.15) is 0 Å². The number of aliphatic imine (C=N–C) groups is 1. The molecule has 0 bridgehead atoms. The summed E-state index contributed by atoms with van der Waals surface area (Å²) < 4.78 is 0. The molecule has 11 heavy (non-hydrogen) atoms. The van der Waals surface area contributed by atoms with Crippen LogP contribution in [0.4, 0.5) is 4.79 Å². The van der Waals surface area contributed by atoms with Crippen LogP contribution in [0.5, 0.6) is 0 Å². The van der Waals surface area contributed by atoms with E-state index in [1.54, 1.807) is 11.8 Å². The molecule has 1 aliphatic heterocycles. The van der Waals surface area contributed by atoms with Crippen molar-refractivity contribution in [3.8, 4) is 0 Å². The molecule has 0 saturated heterocycles. The number of nitrogens with one attached hydrogen (secondary N) is 1. The third-order valence-electron chi connectivity index (χ3n) is 1.47. The summed E-state index contributed by atoms with van der Waals surface area (Å²) in [4.78, 5) is 14.3. The Hall–Kier alpha value is -0.710. The molecule has 5 heteroatoms. The first-order valence-corrected chi connectivity index (χ1v) is 4.51. The number of thioether (sulfide) groups is 1. The van der Waals surface area contributed by atoms with Crippen molar-refractivity contribution in [2.75, 3.05) is 12.8 Å². The van der Waals surface area contributed by atoms with Crippen molar-refractivity contribution in [2.24, 2.45) is 4.99 Å². The number of amides is 1. The Morgan fingerprint density at radius 2 is 2.64 bits per heavy atom. The number of carbonyl (C=O) groups is 1. The van der Waals surface area contributed by atoms with Crippen molar-refractivity contribution in [3.63, 3.8) is 0 Å². The van der Waals surface area contributed by atoms with Crippen LogP contribution in [0.15, 0.2) is 4.99 Å². The molecule has 0 aromatic heterocycles. The summed E-state index contributed by atoms with van der Waals surface area (Å²) in [5.41, 5.74) is 0. The van der Waals surface area contributed by atoms with E-state index in [9.17, 15) is 4.79 Å². The van der Waals surface area contributed by atoms with Crippen LogP contribution in [0.2, 0.25) is 0 Å². The highest BCUT2D eigenvalue weighted by atomic mass is 32.2. The zero-order chi connectivity index (χ0) is 8.27. The molecule has 1 atom stereocenters. The smallest absolute Gasteiger partial charge is 0.404 e. The standard InChI is InChI=1S/C6H10N2O2S/c1-11-5-2-4(3-7-5)8-6(9)10/h4,8H,2-3H2,1H3,(H,9,10). The summed E-state index contributed by atoms with van der Waals surface area (Å²) in [7, 11) is 0. The summed E-state index contributed by atoms with van der Waals surface area (Å²) in [6, 6.07) is -0.00468. The van der Waals surface area contributed by atoms with Crippen molar-refractivity contribution in [2.45, 2.75) is 12.5 Å². The number of hydrogen-bond donors (Lipinski definition) is 2. The molecule has 62 valence electrons. The minimum absolute atomic E-state index is 0.00468. The molecule has 0 saturated carbocycles. The highest BCUT2D eigenvalue weighted by Gasteiger charge is 2.18. The third-order valence-corrected chi connectivity index (χ3v) is 2.24. The Bertz CT molecular complexity index is 193. The highest BCUT2D eigenvalue weighted by Crippen LogP contribution is 2.13. The summed E-state index contributed by atoms with van der Waals surface area (Å²) in [5, 5.41) is 11.8. The van der Waals surface area contributed by atoms with E-state index >= 15 is 0 Å². The monoisotopic (exact) mass is 174 g/mol. The SMILES string of the molecule is CSC1=NCC(NC(=O)O)C1. The zero-order valence-corrected chi connectivity index (χ0v) is 7.02. The zero-order valence-electron chi connectivity index (χ0n) is 6.20. The fourth-order valence-electron chi connectivity index (χ4n) is 0.971. The van der Waals surface area contributed by atoms with Crippen molar-refractivity contribution in [3.05, 3.63) is 0 Å². The predicted molar refractivity (Wildman–Crippen MR) is 45.4 cm³/mol. The third kappa shape index (κ3) is 2.42. The van der Waals surface area contributed by atoms with Gasteiger partial charge in [0.25, 0.3) is 0 Å². The van der Waals surface area contributed by atoms with Gasteiger partial charge in [0.15, 0.2) is 0 Å². The average Bonchev–Trinajstić information content (AvgIpc) is 2.34. The van der Waals surface area contributed by atoms with Gasteiger partial charge >= 0.3 is 6.09 Å². The molecule has 1 aliphatic rings. The largest absolute Gasteiger partial charge is 0.465 e. The van der Waals surface area contributed by atoms with E-state index in [-0.39, 0.29) is 6.04 Å². The van der Waals surface area contributed by atoms with Gasteiger partial charge in [-0.25, -0.2) is 4.79 Å². The molecule has 0 aromatic rings. The highest BCUT2D eigenvalue weighted by molar-refractivity contribution is 8.13.